The molecular formula is C11H21NOS. The first kappa shape index (κ1) is 11.8. The highest BCUT2D eigenvalue weighted by Gasteiger charge is 2.07. The van der Waals surface area contributed by atoms with Crippen LogP contribution in [0.1, 0.15) is 45.4 Å². The number of nitrogens with zero attached hydrogens (tertiary/aromatic N) is 1. The Morgan fingerprint density at radius 2 is 2.00 bits per heavy atom. The highest BCUT2D eigenvalue weighted by atomic mass is 32.2. The van der Waals surface area contributed by atoms with Crippen molar-refractivity contribution in [3.63, 3.8) is 0 Å². The number of hydrogen-bond donors (Lipinski definition) is 0. The van der Waals surface area contributed by atoms with Gasteiger partial charge in [-0.2, -0.15) is 0 Å². The number of hydrogen-bond acceptors (Lipinski definition) is 1. The Morgan fingerprint density at radius 3 is 2.64 bits per heavy atom. The minimum absolute atomic E-state index is 0.718. The Bertz CT molecular complexity index is 213. The van der Waals surface area contributed by atoms with E-state index in [1.54, 1.807) is 0 Å². The van der Waals surface area contributed by atoms with Gasteiger partial charge in [0.05, 0.1) is 5.55 Å². The van der Waals surface area contributed by atoms with Gasteiger partial charge in [-0.25, -0.2) is 0 Å². The second kappa shape index (κ2) is 7.04. The molecule has 0 saturated heterocycles. The molecule has 0 aromatic rings. The topological polar surface area (TPSA) is 20.1 Å². The molecule has 1 aliphatic rings. The van der Waals surface area contributed by atoms with Gasteiger partial charge in [0, 0.05) is 29.5 Å². The Kier molecular flexibility index (Phi) is 5.92. The fraction of sp³-hybridized carbons (Fsp3) is 0.818. The number of unbranched alkanes of at least 4 members (excludes halogenated alkanes) is 5. The molecule has 0 radical (unpaired) electrons. The molecule has 1 unspecified atom stereocenters. The van der Waals surface area contributed by atoms with E-state index >= 15 is 0 Å². The molecular weight excluding hydrogens is 194 g/mol. The molecule has 14 heavy (non-hydrogen) atoms. The van der Waals surface area contributed by atoms with E-state index in [1.807, 2.05) is 12.1 Å². The summed E-state index contributed by atoms with van der Waals surface area (Å²) in [6.45, 7) is 5.34. The third kappa shape index (κ3) is 4.80. The van der Waals surface area contributed by atoms with Crippen LogP contribution in [0.25, 0.3) is 0 Å². The van der Waals surface area contributed by atoms with Crippen LogP contribution in [-0.4, -0.2) is 26.6 Å². The third-order valence-corrected chi connectivity index (χ3v) is 3.48. The van der Waals surface area contributed by atoms with E-state index in [4.69, 9.17) is 0 Å². The minimum atomic E-state index is -0.718. The van der Waals surface area contributed by atoms with E-state index in [-0.39, 0.29) is 0 Å². The zero-order chi connectivity index (χ0) is 10.2. The van der Waals surface area contributed by atoms with Crippen LogP contribution in [0.3, 0.4) is 0 Å². The Labute approximate surface area is 89.9 Å². The lowest BCUT2D eigenvalue weighted by atomic mass is 10.1. The average Bonchev–Trinajstić information content (AvgIpc) is 2.58. The van der Waals surface area contributed by atoms with Crippen LogP contribution in [0, 0.1) is 6.54 Å². The van der Waals surface area contributed by atoms with Gasteiger partial charge in [-0.05, 0) is 6.42 Å². The van der Waals surface area contributed by atoms with Crippen LogP contribution < -0.4 is 0 Å². The summed E-state index contributed by atoms with van der Waals surface area (Å²) >= 11 is 0. The molecule has 0 N–H and O–H groups in total. The molecule has 0 fully saturated rings. The van der Waals surface area contributed by atoms with E-state index in [1.165, 1.54) is 38.5 Å². The van der Waals surface area contributed by atoms with Crippen molar-refractivity contribution in [2.24, 2.45) is 0 Å². The third-order valence-electron chi connectivity index (χ3n) is 2.50. The van der Waals surface area contributed by atoms with Gasteiger partial charge in [0.2, 0.25) is 0 Å². The Balaban J connectivity index is 1.94. The second-order valence-corrected chi connectivity index (χ2v) is 5.15. The quantitative estimate of drug-likeness (QED) is 0.362. The van der Waals surface area contributed by atoms with Crippen LogP contribution >= 0.6 is 0 Å². The molecule has 0 aromatic heterocycles. The summed E-state index contributed by atoms with van der Waals surface area (Å²) in [7, 11) is -0.718. The zero-order valence-electron chi connectivity index (χ0n) is 9.08. The molecule has 1 heterocycles. The first-order valence-corrected chi connectivity index (χ1v) is 7.02. The molecule has 0 amide bonds. The number of rotatable bonds is 7. The predicted molar refractivity (Wildman–Crippen MR) is 61.9 cm³/mol. The van der Waals surface area contributed by atoms with Crippen molar-refractivity contribution in [3.8, 4) is 0 Å². The maximum absolute atomic E-state index is 11.0. The van der Waals surface area contributed by atoms with Crippen molar-refractivity contribution in [1.29, 1.82) is 0 Å². The van der Waals surface area contributed by atoms with Gasteiger partial charge >= 0.3 is 0 Å². The molecule has 1 aliphatic heterocycles. The molecule has 1 rings (SSSR count). The van der Waals surface area contributed by atoms with E-state index in [2.05, 4.69) is 11.5 Å². The summed E-state index contributed by atoms with van der Waals surface area (Å²) in [5.74, 6) is 0.718. The molecule has 3 heteroatoms. The molecule has 2 nitrogen and oxygen atoms in total. The second-order valence-electron chi connectivity index (χ2n) is 3.84. The highest BCUT2D eigenvalue weighted by Crippen LogP contribution is 2.06. The van der Waals surface area contributed by atoms with Gasteiger partial charge in [0.1, 0.15) is 6.54 Å². The van der Waals surface area contributed by atoms with Gasteiger partial charge in [0.15, 0.2) is 0 Å². The van der Waals surface area contributed by atoms with Crippen LogP contribution in [0.15, 0.2) is 0 Å². The van der Waals surface area contributed by atoms with Crippen molar-refractivity contribution < 1.29 is 8.78 Å². The summed E-state index contributed by atoms with van der Waals surface area (Å²) in [5.41, 5.74) is 1.84. The lowest BCUT2D eigenvalue weighted by Gasteiger charge is -2.03. The standard InChI is InChI=1S/C11H21NOS/c1-2-3-4-5-6-7-8-12-9-10-14(13)11-12/h9,11H,2-8,10H2,1H3. The smallest absolute Gasteiger partial charge is 0.116 e. The average molecular weight is 215 g/mol. The molecule has 82 valence electrons. The van der Waals surface area contributed by atoms with Crippen molar-refractivity contribution >= 4 is 16.3 Å². The minimum Gasteiger partial charge on any atom is -0.357 e. The largest absolute Gasteiger partial charge is 0.357 e. The van der Waals surface area contributed by atoms with Gasteiger partial charge in [-0.15, -0.1) is 0 Å². The summed E-state index contributed by atoms with van der Waals surface area (Å²) in [4.78, 5) is 0. The fourth-order valence-corrected chi connectivity index (χ4v) is 2.54. The molecule has 0 bridgehead atoms. The Hall–Kier alpha value is -0.310. The monoisotopic (exact) mass is 215 g/mol. The van der Waals surface area contributed by atoms with Crippen LogP contribution in [-0.2, 0) is 10.8 Å². The van der Waals surface area contributed by atoms with Gasteiger partial charge in [0.25, 0.3) is 0 Å². The maximum Gasteiger partial charge on any atom is 0.116 e. The van der Waals surface area contributed by atoms with Crippen molar-refractivity contribution in [1.82, 2.24) is 0 Å². The van der Waals surface area contributed by atoms with Crippen molar-refractivity contribution in [2.45, 2.75) is 45.4 Å². The molecule has 0 spiro atoms. The molecule has 0 aromatic carbocycles. The molecule has 0 saturated carbocycles. The van der Waals surface area contributed by atoms with Gasteiger partial charge in [-0.1, -0.05) is 32.6 Å². The lowest BCUT2D eigenvalue weighted by Crippen LogP contribution is -2.06. The SMILES string of the molecule is CCCCCCCC[N+]1=CS(=O)C[CH-]1. The van der Waals surface area contributed by atoms with E-state index in [0.29, 0.717) is 0 Å². The zero-order valence-corrected chi connectivity index (χ0v) is 9.89. The summed E-state index contributed by atoms with van der Waals surface area (Å²) < 4.78 is 13.1. The van der Waals surface area contributed by atoms with E-state index < -0.39 is 10.8 Å². The lowest BCUT2D eigenvalue weighted by molar-refractivity contribution is -0.476. The Morgan fingerprint density at radius 1 is 1.29 bits per heavy atom. The molecule has 1 atom stereocenters. The van der Waals surface area contributed by atoms with Crippen LogP contribution in [0.2, 0.25) is 0 Å². The van der Waals surface area contributed by atoms with Crippen molar-refractivity contribution in [3.05, 3.63) is 6.54 Å². The maximum atomic E-state index is 11.0. The molecule has 0 aliphatic carbocycles. The first-order chi connectivity index (χ1) is 6.83. The summed E-state index contributed by atoms with van der Waals surface area (Å²) in [6, 6.07) is 0. The normalized spacial score (nSPS) is 20.6. The van der Waals surface area contributed by atoms with Gasteiger partial charge in [-0.3, -0.25) is 4.21 Å². The highest BCUT2D eigenvalue weighted by molar-refractivity contribution is 7.98. The predicted octanol–water partition coefficient (Wildman–Crippen LogP) is 2.31. The fourth-order valence-electron chi connectivity index (χ4n) is 1.62. The van der Waals surface area contributed by atoms with Gasteiger partial charge < -0.3 is 4.58 Å². The van der Waals surface area contributed by atoms with E-state index in [9.17, 15) is 4.21 Å². The first-order valence-electron chi connectivity index (χ1n) is 5.64. The van der Waals surface area contributed by atoms with Crippen molar-refractivity contribution in [2.75, 3.05) is 12.3 Å². The summed E-state index contributed by atoms with van der Waals surface area (Å²) in [6.07, 6.45) is 7.94. The van der Waals surface area contributed by atoms with E-state index in [0.717, 1.165) is 12.3 Å². The van der Waals surface area contributed by atoms with Crippen LogP contribution in [0.4, 0.5) is 0 Å². The summed E-state index contributed by atoms with van der Waals surface area (Å²) in [5, 5.41) is 0. The van der Waals surface area contributed by atoms with Crippen LogP contribution in [0.5, 0.6) is 0 Å².